The molecule has 0 aromatic carbocycles. The average molecular weight is 244 g/mol. The van der Waals surface area contributed by atoms with Crippen molar-refractivity contribution in [1.29, 1.82) is 0 Å². The van der Waals surface area contributed by atoms with Crippen molar-refractivity contribution in [3.63, 3.8) is 0 Å². The minimum Gasteiger partial charge on any atom is -0.213 e. The highest BCUT2D eigenvalue weighted by Crippen LogP contribution is 1.99. The summed E-state index contributed by atoms with van der Waals surface area (Å²) in [6, 6.07) is 0. The number of hydrogen-bond donors (Lipinski definition) is 0. The van der Waals surface area contributed by atoms with Gasteiger partial charge in [-0.05, 0) is 12.8 Å². The Labute approximate surface area is 77.0 Å². The van der Waals surface area contributed by atoms with Crippen LogP contribution >= 0.6 is 15.9 Å². The van der Waals surface area contributed by atoms with Gasteiger partial charge in [0.1, 0.15) is 0 Å². The molecule has 0 atom stereocenters. The number of rotatable bonds is 5. The third-order valence-electron chi connectivity index (χ3n) is 1.42. The number of hydrogen-bond acceptors (Lipinski definition) is 2. The standard InChI is InChI=1S/C6H14BrNO2S/c1-8(11(2,9)10)6-4-3-5-7/h3-6H2,1-2H3. The molecule has 0 spiro atoms. The van der Waals surface area contributed by atoms with Crippen molar-refractivity contribution in [2.45, 2.75) is 12.8 Å². The molecule has 5 heteroatoms. The van der Waals surface area contributed by atoms with Crippen LogP contribution in [0.4, 0.5) is 0 Å². The lowest BCUT2D eigenvalue weighted by Crippen LogP contribution is -2.26. The fourth-order valence-electron chi connectivity index (χ4n) is 0.595. The topological polar surface area (TPSA) is 37.4 Å². The summed E-state index contributed by atoms with van der Waals surface area (Å²) < 4.78 is 23.0. The molecule has 0 heterocycles. The molecule has 0 aliphatic heterocycles. The SMILES string of the molecule is CN(CCCCBr)S(C)(=O)=O. The van der Waals surface area contributed by atoms with Crippen molar-refractivity contribution in [2.24, 2.45) is 0 Å². The van der Waals surface area contributed by atoms with Crippen LogP contribution in [0, 0.1) is 0 Å². The molecule has 0 amide bonds. The number of nitrogens with zero attached hydrogens (tertiary/aromatic N) is 1. The Kier molecular flexibility index (Phi) is 5.29. The first-order valence-corrected chi connectivity index (χ1v) is 6.42. The summed E-state index contributed by atoms with van der Waals surface area (Å²) in [5.74, 6) is 0. The van der Waals surface area contributed by atoms with Gasteiger partial charge in [0, 0.05) is 18.9 Å². The third kappa shape index (κ3) is 5.64. The van der Waals surface area contributed by atoms with Crippen molar-refractivity contribution in [2.75, 3.05) is 25.2 Å². The van der Waals surface area contributed by atoms with Gasteiger partial charge in [0.05, 0.1) is 6.26 Å². The summed E-state index contributed by atoms with van der Waals surface area (Å²) in [7, 11) is -1.36. The van der Waals surface area contributed by atoms with Gasteiger partial charge in [-0.15, -0.1) is 0 Å². The molecule has 0 aromatic rings. The predicted molar refractivity (Wildman–Crippen MR) is 50.5 cm³/mol. The number of sulfonamides is 1. The van der Waals surface area contributed by atoms with Crippen LogP contribution in [-0.4, -0.2) is 37.9 Å². The number of halogens is 1. The van der Waals surface area contributed by atoms with Gasteiger partial charge < -0.3 is 0 Å². The van der Waals surface area contributed by atoms with Crippen molar-refractivity contribution >= 4 is 26.0 Å². The van der Waals surface area contributed by atoms with E-state index in [-0.39, 0.29) is 0 Å². The van der Waals surface area contributed by atoms with E-state index in [1.165, 1.54) is 10.6 Å². The van der Waals surface area contributed by atoms with E-state index in [0.717, 1.165) is 18.2 Å². The average Bonchev–Trinajstić information content (AvgIpc) is 1.86. The Hall–Kier alpha value is 0.390. The smallest absolute Gasteiger partial charge is 0.210 e. The summed E-state index contributed by atoms with van der Waals surface area (Å²) in [6.45, 7) is 0.616. The molecule has 0 radical (unpaired) electrons. The van der Waals surface area contributed by atoms with E-state index in [4.69, 9.17) is 0 Å². The Morgan fingerprint density at radius 3 is 2.27 bits per heavy atom. The second-order valence-corrected chi connectivity index (χ2v) is 5.36. The van der Waals surface area contributed by atoms with Gasteiger partial charge >= 0.3 is 0 Å². The van der Waals surface area contributed by atoms with E-state index in [2.05, 4.69) is 15.9 Å². The van der Waals surface area contributed by atoms with Gasteiger partial charge in [-0.2, -0.15) is 0 Å². The zero-order valence-electron chi connectivity index (χ0n) is 6.88. The fraction of sp³-hybridized carbons (Fsp3) is 1.00. The molecule has 0 aromatic heterocycles. The highest BCUT2D eigenvalue weighted by Gasteiger charge is 2.08. The summed E-state index contributed by atoms with van der Waals surface area (Å²) in [4.78, 5) is 0. The number of unbranched alkanes of at least 4 members (excludes halogenated alkanes) is 1. The highest BCUT2D eigenvalue weighted by atomic mass is 79.9. The van der Waals surface area contributed by atoms with E-state index in [9.17, 15) is 8.42 Å². The van der Waals surface area contributed by atoms with Crippen LogP contribution in [0.2, 0.25) is 0 Å². The molecule has 0 saturated carbocycles. The van der Waals surface area contributed by atoms with Crippen LogP contribution in [0.1, 0.15) is 12.8 Å². The minimum absolute atomic E-state index is 0.616. The molecule has 0 aliphatic carbocycles. The highest BCUT2D eigenvalue weighted by molar-refractivity contribution is 9.09. The molecule has 0 bridgehead atoms. The van der Waals surface area contributed by atoms with Crippen LogP contribution in [0.25, 0.3) is 0 Å². The largest absolute Gasteiger partial charge is 0.213 e. The second-order valence-electron chi connectivity index (χ2n) is 2.48. The van der Waals surface area contributed by atoms with E-state index in [0.29, 0.717) is 6.54 Å². The molecule has 0 saturated heterocycles. The molecular formula is C6H14BrNO2S. The lowest BCUT2D eigenvalue weighted by atomic mass is 10.3. The first-order valence-electron chi connectivity index (χ1n) is 3.45. The Morgan fingerprint density at radius 2 is 1.91 bits per heavy atom. The maximum Gasteiger partial charge on any atom is 0.210 e. The van der Waals surface area contributed by atoms with Crippen LogP contribution in [0.5, 0.6) is 0 Å². The minimum atomic E-state index is -2.97. The Bertz CT molecular complexity index is 191. The monoisotopic (exact) mass is 243 g/mol. The van der Waals surface area contributed by atoms with Crippen LogP contribution < -0.4 is 0 Å². The molecule has 0 rings (SSSR count). The molecule has 0 fully saturated rings. The van der Waals surface area contributed by atoms with E-state index in [1.807, 2.05) is 0 Å². The summed E-state index contributed by atoms with van der Waals surface area (Å²) in [5.41, 5.74) is 0. The van der Waals surface area contributed by atoms with Crippen LogP contribution in [0.15, 0.2) is 0 Å². The zero-order chi connectivity index (χ0) is 8.91. The quantitative estimate of drug-likeness (QED) is 0.535. The van der Waals surface area contributed by atoms with Crippen molar-refractivity contribution in [3.8, 4) is 0 Å². The predicted octanol–water partition coefficient (Wildman–Crippen LogP) is 1.05. The van der Waals surface area contributed by atoms with Gasteiger partial charge in [-0.25, -0.2) is 12.7 Å². The first kappa shape index (κ1) is 11.4. The normalized spacial score (nSPS) is 12.4. The number of alkyl halides is 1. The lowest BCUT2D eigenvalue weighted by molar-refractivity contribution is 0.465. The zero-order valence-corrected chi connectivity index (χ0v) is 9.28. The van der Waals surface area contributed by atoms with Gasteiger partial charge in [0.2, 0.25) is 10.0 Å². The van der Waals surface area contributed by atoms with E-state index >= 15 is 0 Å². The summed E-state index contributed by atoms with van der Waals surface area (Å²) >= 11 is 3.28. The molecule has 0 N–H and O–H groups in total. The molecule has 11 heavy (non-hydrogen) atoms. The third-order valence-corrected chi connectivity index (χ3v) is 3.30. The fourth-order valence-corrected chi connectivity index (χ4v) is 1.45. The Morgan fingerprint density at radius 1 is 1.36 bits per heavy atom. The summed E-state index contributed by atoms with van der Waals surface area (Å²) in [5, 5.41) is 0.935. The molecule has 0 unspecified atom stereocenters. The van der Waals surface area contributed by atoms with Gasteiger partial charge in [-0.1, -0.05) is 15.9 Å². The summed E-state index contributed by atoms with van der Waals surface area (Å²) in [6.07, 6.45) is 3.15. The maximum absolute atomic E-state index is 10.8. The van der Waals surface area contributed by atoms with Crippen molar-refractivity contribution in [3.05, 3.63) is 0 Å². The maximum atomic E-state index is 10.8. The lowest BCUT2D eigenvalue weighted by Gasteiger charge is -2.12. The van der Waals surface area contributed by atoms with Gasteiger partial charge in [0.15, 0.2) is 0 Å². The van der Waals surface area contributed by atoms with E-state index in [1.54, 1.807) is 7.05 Å². The first-order chi connectivity index (χ1) is 4.98. The van der Waals surface area contributed by atoms with Crippen molar-refractivity contribution < 1.29 is 8.42 Å². The molecule has 0 aliphatic rings. The molecular weight excluding hydrogens is 230 g/mol. The van der Waals surface area contributed by atoms with Crippen LogP contribution in [-0.2, 0) is 10.0 Å². The second kappa shape index (κ2) is 5.11. The van der Waals surface area contributed by atoms with E-state index < -0.39 is 10.0 Å². The Balaban J connectivity index is 3.62. The van der Waals surface area contributed by atoms with Gasteiger partial charge in [0.25, 0.3) is 0 Å². The molecule has 3 nitrogen and oxygen atoms in total. The van der Waals surface area contributed by atoms with Crippen LogP contribution in [0.3, 0.4) is 0 Å². The molecule has 68 valence electrons. The van der Waals surface area contributed by atoms with Crippen molar-refractivity contribution in [1.82, 2.24) is 4.31 Å². The van der Waals surface area contributed by atoms with Gasteiger partial charge in [-0.3, -0.25) is 0 Å².